The molecular weight excluding hydrogens is 364 g/mol. The number of nitrogens with one attached hydrogen (secondary N) is 1. The van der Waals surface area contributed by atoms with E-state index >= 15 is 0 Å². The second-order valence-electron chi connectivity index (χ2n) is 6.27. The number of halogens is 1. The standard InChI is InChI=1S/C21H25ClN2O3/c1-16(25)24(13-11-17-6-8-20(27-2)9-7-17)15-21(26)23-12-10-18-4-3-5-19(22)14-18/h3-9,14H,10-13,15H2,1-2H3,(H,23,26). The molecule has 0 aromatic heterocycles. The van der Waals surface area contributed by atoms with Crippen molar-refractivity contribution in [3.05, 3.63) is 64.7 Å². The van der Waals surface area contributed by atoms with Crippen molar-refractivity contribution in [3.8, 4) is 5.75 Å². The van der Waals surface area contributed by atoms with Crippen molar-refractivity contribution in [3.63, 3.8) is 0 Å². The van der Waals surface area contributed by atoms with Gasteiger partial charge in [0.1, 0.15) is 5.75 Å². The predicted octanol–water partition coefficient (Wildman–Crippen LogP) is 3.10. The molecule has 0 bridgehead atoms. The topological polar surface area (TPSA) is 58.6 Å². The Morgan fingerprint density at radius 3 is 2.44 bits per heavy atom. The van der Waals surface area contributed by atoms with Gasteiger partial charge in [-0.1, -0.05) is 35.9 Å². The molecule has 0 unspecified atom stereocenters. The minimum Gasteiger partial charge on any atom is -0.497 e. The molecule has 2 rings (SSSR count). The van der Waals surface area contributed by atoms with Crippen LogP contribution in [-0.4, -0.2) is 43.5 Å². The zero-order valence-electron chi connectivity index (χ0n) is 15.7. The Morgan fingerprint density at radius 2 is 1.81 bits per heavy atom. The molecule has 0 aliphatic carbocycles. The summed E-state index contributed by atoms with van der Waals surface area (Å²) >= 11 is 5.95. The lowest BCUT2D eigenvalue weighted by Crippen LogP contribution is -2.41. The average molecular weight is 389 g/mol. The molecule has 0 radical (unpaired) electrons. The quantitative estimate of drug-likeness (QED) is 0.718. The zero-order chi connectivity index (χ0) is 19.6. The number of carbonyl (C=O) groups excluding carboxylic acids is 2. The largest absolute Gasteiger partial charge is 0.497 e. The van der Waals surface area contributed by atoms with E-state index in [0.29, 0.717) is 31.0 Å². The number of amides is 2. The second-order valence-corrected chi connectivity index (χ2v) is 6.70. The highest BCUT2D eigenvalue weighted by Crippen LogP contribution is 2.12. The number of ether oxygens (including phenoxy) is 1. The number of hydrogen-bond donors (Lipinski definition) is 1. The van der Waals surface area contributed by atoms with Gasteiger partial charge in [-0.3, -0.25) is 9.59 Å². The molecule has 0 saturated carbocycles. The molecule has 0 aliphatic rings. The Morgan fingerprint density at radius 1 is 1.07 bits per heavy atom. The Balaban J connectivity index is 1.78. The summed E-state index contributed by atoms with van der Waals surface area (Å²) in [6.07, 6.45) is 1.37. The third-order valence-corrected chi connectivity index (χ3v) is 4.47. The fraction of sp³-hybridized carbons (Fsp3) is 0.333. The summed E-state index contributed by atoms with van der Waals surface area (Å²) in [5.74, 6) is 0.511. The molecular formula is C21H25ClN2O3. The first-order chi connectivity index (χ1) is 13.0. The number of hydrogen-bond acceptors (Lipinski definition) is 3. The number of methoxy groups -OCH3 is 1. The van der Waals surface area contributed by atoms with E-state index in [-0.39, 0.29) is 18.4 Å². The van der Waals surface area contributed by atoms with E-state index in [1.165, 1.54) is 6.92 Å². The summed E-state index contributed by atoms with van der Waals surface area (Å²) in [7, 11) is 1.62. The van der Waals surface area contributed by atoms with E-state index in [1.54, 1.807) is 12.0 Å². The van der Waals surface area contributed by atoms with Crippen LogP contribution in [0.2, 0.25) is 5.02 Å². The van der Waals surface area contributed by atoms with Crippen LogP contribution in [0.1, 0.15) is 18.1 Å². The molecule has 0 saturated heterocycles. The fourth-order valence-electron chi connectivity index (χ4n) is 2.67. The van der Waals surface area contributed by atoms with Gasteiger partial charge >= 0.3 is 0 Å². The summed E-state index contributed by atoms with van der Waals surface area (Å²) in [5, 5.41) is 3.54. The van der Waals surface area contributed by atoms with Crippen LogP contribution in [0.3, 0.4) is 0 Å². The number of benzene rings is 2. The molecule has 2 aromatic rings. The van der Waals surface area contributed by atoms with E-state index in [1.807, 2.05) is 48.5 Å². The molecule has 27 heavy (non-hydrogen) atoms. The summed E-state index contributed by atoms with van der Waals surface area (Å²) < 4.78 is 5.14. The van der Waals surface area contributed by atoms with Crippen LogP contribution in [0.4, 0.5) is 0 Å². The zero-order valence-corrected chi connectivity index (χ0v) is 16.5. The van der Waals surface area contributed by atoms with Crippen LogP contribution in [0.15, 0.2) is 48.5 Å². The first-order valence-electron chi connectivity index (χ1n) is 8.87. The third-order valence-electron chi connectivity index (χ3n) is 4.23. The molecule has 0 spiro atoms. The minimum absolute atomic E-state index is 0.0566. The van der Waals surface area contributed by atoms with E-state index < -0.39 is 0 Å². The fourth-order valence-corrected chi connectivity index (χ4v) is 2.88. The molecule has 5 nitrogen and oxygen atoms in total. The normalized spacial score (nSPS) is 10.3. The van der Waals surface area contributed by atoms with E-state index in [4.69, 9.17) is 16.3 Å². The first kappa shape index (κ1) is 20.8. The molecule has 144 valence electrons. The Kier molecular flexibility index (Phi) is 8.14. The summed E-state index contributed by atoms with van der Waals surface area (Å²) in [6, 6.07) is 15.2. The molecule has 0 fully saturated rings. The van der Waals surface area contributed by atoms with Gasteiger partial charge in [-0.15, -0.1) is 0 Å². The third kappa shape index (κ3) is 7.31. The van der Waals surface area contributed by atoms with Gasteiger partial charge in [0.15, 0.2) is 0 Å². The lowest BCUT2D eigenvalue weighted by atomic mass is 10.1. The molecule has 1 N–H and O–H groups in total. The van der Waals surface area contributed by atoms with Gasteiger partial charge in [-0.25, -0.2) is 0 Å². The Bertz CT molecular complexity index is 762. The smallest absolute Gasteiger partial charge is 0.239 e. The molecule has 0 atom stereocenters. The van der Waals surface area contributed by atoms with Gasteiger partial charge in [0.05, 0.1) is 13.7 Å². The van der Waals surface area contributed by atoms with Crippen molar-refractivity contribution in [1.29, 1.82) is 0 Å². The Hall–Kier alpha value is -2.53. The van der Waals surface area contributed by atoms with Crippen LogP contribution in [0.5, 0.6) is 5.75 Å². The highest BCUT2D eigenvalue weighted by Gasteiger charge is 2.13. The van der Waals surface area contributed by atoms with Gasteiger partial charge in [-0.05, 0) is 48.2 Å². The molecule has 2 amide bonds. The lowest BCUT2D eigenvalue weighted by Gasteiger charge is -2.20. The maximum Gasteiger partial charge on any atom is 0.239 e. The predicted molar refractivity (Wildman–Crippen MR) is 107 cm³/mol. The van der Waals surface area contributed by atoms with Crippen molar-refractivity contribution in [1.82, 2.24) is 10.2 Å². The van der Waals surface area contributed by atoms with Crippen LogP contribution in [0, 0.1) is 0 Å². The minimum atomic E-state index is -0.165. The van der Waals surface area contributed by atoms with Crippen LogP contribution < -0.4 is 10.1 Å². The monoisotopic (exact) mass is 388 g/mol. The summed E-state index contributed by atoms with van der Waals surface area (Å²) in [6.45, 7) is 2.53. The molecule has 0 aliphatic heterocycles. The maximum atomic E-state index is 12.2. The lowest BCUT2D eigenvalue weighted by molar-refractivity contribution is -0.134. The maximum absolute atomic E-state index is 12.2. The van der Waals surface area contributed by atoms with Gasteiger partial charge in [0.25, 0.3) is 0 Å². The van der Waals surface area contributed by atoms with E-state index in [2.05, 4.69) is 5.32 Å². The van der Waals surface area contributed by atoms with Gasteiger partial charge in [0.2, 0.25) is 11.8 Å². The molecule has 6 heteroatoms. The van der Waals surface area contributed by atoms with Gasteiger partial charge in [-0.2, -0.15) is 0 Å². The summed E-state index contributed by atoms with van der Waals surface area (Å²) in [4.78, 5) is 25.6. The number of nitrogens with zero attached hydrogens (tertiary/aromatic N) is 1. The van der Waals surface area contributed by atoms with Crippen LogP contribution in [-0.2, 0) is 22.4 Å². The first-order valence-corrected chi connectivity index (χ1v) is 9.25. The van der Waals surface area contributed by atoms with E-state index in [9.17, 15) is 9.59 Å². The highest BCUT2D eigenvalue weighted by atomic mass is 35.5. The van der Waals surface area contributed by atoms with Crippen LogP contribution in [0.25, 0.3) is 0 Å². The second kappa shape index (κ2) is 10.6. The van der Waals surface area contributed by atoms with Crippen molar-refractivity contribution in [2.45, 2.75) is 19.8 Å². The highest BCUT2D eigenvalue weighted by molar-refractivity contribution is 6.30. The van der Waals surface area contributed by atoms with Crippen molar-refractivity contribution in [2.24, 2.45) is 0 Å². The van der Waals surface area contributed by atoms with E-state index in [0.717, 1.165) is 16.9 Å². The molecule has 2 aromatic carbocycles. The van der Waals surface area contributed by atoms with Gasteiger partial charge < -0.3 is 15.0 Å². The SMILES string of the molecule is COc1ccc(CCN(CC(=O)NCCc2cccc(Cl)c2)C(C)=O)cc1. The average Bonchev–Trinajstić information content (AvgIpc) is 2.65. The van der Waals surface area contributed by atoms with Crippen molar-refractivity contribution < 1.29 is 14.3 Å². The Labute approximate surface area is 165 Å². The number of carbonyl (C=O) groups is 2. The van der Waals surface area contributed by atoms with Crippen molar-refractivity contribution in [2.75, 3.05) is 26.7 Å². The number of rotatable bonds is 9. The molecule has 0 heterocycles. The van der Waals surface area contributed by atoms with Crippen LogP contribution >= 0.6 is 11.6 Å². The van der Waals surface area contributed by atoms with Gasteiger partial charge in [0, 0.05) is 25.0 Å². The summed E-state index contributed by atoms with van der Waals surface area (Å²) in [5.41, 5.74) is 2.15. The van der Waals surface area contributed by atoms with Crippen molar-refractivity contribution >= 4 is 23.4 Å².